The van der Waals surface area contributed by atoms with E-state index in [2.05, 4.69) is 26.1 Å². The minimum Gasteiger partial charge on any atom is -0.489 e. The van der Waals surface area contributed by atoms with Crippen molar-refractivity contribution in [2.45, 2.75) is 12.8 Å². The van der Waals surface area contributed by atoms with E-state index in [1.165, 1.54) is 6.07 Å². The Balaban J connectivity index is 1.36. The second-order valence-corrected chi connectivity index (χ2v) is 8.25. The summed E-state index contributed by atoms with van der Waals surface area (Å²) in [6.45, 7) is 2.03. The van der Waals surface area contributed by atoms with E-state index >= 15 is 0 Å². The maximum Gasteiger partial charge on any atom is 0.262 e. The standard InChI is InChI=1S/C20H19BrClFN2O3/c21-13-1-3-16(15(23)9-13)25-7-5-12(6-8-25)10-27-17-4-2-14(22)19-20(17)28-11-18(26)24-19/h1-4,9,12H,5-8,10-11H2,(H,24,26). The number of halogens is 3. The Labute approximate surface area is 175 Å². The minimum atomic E-state index is -0.237. The normalized spacial score (nSPS) is 17.0. The van der Waals surface area contributed by atoms with Gasteiger partial charge in [-0.15, -0.1) is 0 Å². The van der Waals surface area contributed by atoms with Crippen LogP contribution in [-0.4, -0.2) is 32.2 Å². The molecule has 0 aromatic heterocycles. The molecule has 5 nitrogen and oxygen atoms in total. The zero-order valence-electron chi connectivity index (χ0n) is 15.0. The fraction of sp³-hybridized carbons (Fsp3) is 0.350. The van der Waals surface area contributed by atoms with E-state index in [0.29, 0.717) is 40.4 Å². The van der Waals surface area contributed by atoms with Crippen LogP contribution in [0.15, 0.2) is 34.8 Å². The van der Waals surface area contributed by atoms with Crippen LogP contribution in [0.3, 0.4) is 0 Å². The molecule has 2 aromatic carbocycles. The molecule has 0 bridgehead atoms. The lowest BCUT2D eigenvalue weighted by Crippen LogP contribution is -2.36. The molecular formula is C20H19BrClFN2O3. The minimum absolute atomic E-state index is 0.0547. The van der Waals surface area contributed by atoms with E-state index < -0.39 is 0 Å². The second-order valence-electron chi connectivity index (χ2n) is 6.92. The summed E-state index contributed by atoms with van der Waals surface area (Å²) in [5.74, 6) is 0.955. The van der Waals surface area contributed by atoms with Gasteiger partial charge in [0, 0.05) is 17.6 Å². The fourth-order valence-electron chi connectivity index (χ4n) is 3.51. The van der Waals surface area contributed by atoms with Gasteiger partial charge in [-0.2, -0.15) is 0 Å². The number of nitrogens with zero attached hydrogens (tertiary/aromatic N) is 1. The van der Waals surface area contributed by atoms with E-state index in [0.717, 1.165) is 30.4 Å². The molecule has 148 valence electrons. The van der Waals surface area contributed by atoms with Crippen molar-refractivity contribution in [3.63, 3.8) is 0 Å². The lowest BCUT2D eigenvalue weighted by atomic mass is 9.97. The van der Waals surface area contributed by atoms with Crippen molar-refractivity contribution >= 4 is 44.8 Å². The van der Waals surface area contributed by atoms with Crippen LogP contribution < -0.4 is 19.7 Å². The van der Waals surface area contributed by atoms with Crippen LogP contribution in [0.25, 0.3) is 0 Å². The maximum atomic E-state index is 14.2. The van der Waals surface area contributed by atoms with Crippen molar-refractivity contribution in [2.24, 2.45) is 5.92 Å². The van der Waals surface area contributed by atoms with Gasteiger partial charge in [0.1, 0.15) is 11.5 Å². The third kappa shape index (κ3) is 4.05. The lowest BCUT2D eigenvalue weighted by Gasteiger charge is -2.34. The zero-order chi connectivity index (χ0) is 19.7. The van der Waals surface area contributed by atoms with Crippen LogP contribution >= 0.6 is 27.5 Å². The van der Waals surface area contributed by atoms with E-state index in [9.17, 15) is 9.18 Å². The monoisotopic (exact) mass is 468 g/mol. The number of anilines is 2. The van der Waals surface area contributed by atoms with Gasteiger partial charge in [0.05, 0.1) is 17.3 Å². The summed E-state index contributed by atoms with van der Waals surface area (Å²) in [5.41, 5.74) is 1.09. The van der Waals surface area contributed by atoms with Gasteiger partial charge in [0.2, 0.25) is 0 Å². The predicted octanol–water partition coefficient (Wildman–Crippen LogP) is 4.87. The summed E-state index contributed by atoms with van der Waals surface area (Å²) in [6.07, 6.45) is 1.81. The fourth-order valence-corrected chi connectivity index (χ4v) is 4.04. The molecule has 2 aliphatic rings. The van der Waals surface area contributed by atoms with Gasteiger partial charge in [0.25, 0.3) is 5.91 Å². The Kier molecular flexibility index (Phi) is 5.64. The van der Waals surface area contributed by atoms with E-state index in [-0.39, 0.29) is 18.3 Å². The van der Waals surface area contributed by atoms with E-state index in [4.69, 9.17) is 21.1 Å². The van der Waals surface area contributed by atoms with Crippen LogP contribution in [0.4, 0.5) is 15.8 Å². The number of ether oxygens (including phenoxy) is 2. The third-order valence-electron chi connectivity index (χ3n) is 5.02. The molecule has 2 aliphatic heterocycles. The summed E-state index contributed by atoms with van der Waals surface area (Å²) in [6, 6.07) is 8.60. The maximum absolute atomic E-state index is 14.2. The first-order chi connectivity index (χ1) is 13.5. The van der Waals surface area contributed by atoms with Crippen molar-refractivity contribution in [3.05, 3.63) is 45.6 Å². The highest BCUT2D eigenvalue weighted by atomic mass is 79.9. The molecule has 2 heterocycles. The van der Waals surface area contributed by atoms with Crippen molar-refractivity contribution in [1.29, 1.82) is 0 Å². The molecule has 28 heavy (non-hydrogen) atoms. The third-order valence-corrected chi connectivity index (χ3v) is 5.83. The molecular weight excluding hydrogens is 451 g/mol. The SMILES string of the molecule is O=C1COc2c(OCC3CCN(c4ccc(Br)cc4F)CC3)ccc(Cl)c2N1. The number of rotatable bonds is 4. The summed E-state index contributed by atoms with van der Waals surface area (Å²) in [4.78, 5) is 13.6. The summed E-state index contributed by atoms with van der Waals surface area (Å²) < 4.78 is 26.4. The number of carbonyl (C=O) groups excluding carboxylic acids is 1. The predicted molar refractivity (Wildman–Crippen MR) is 110 cm³/mol. The number of amides is 1. The van der Waals surface area contributed by atoms with Crippen LogP contribution in [-0.2, 0) is 4.79 Å². The number of fused-ring (bicyclic) bond motifs is 1. The Morgan fingerprint density at radius 1 is 1.29 bits per heavy atom. The van der Waals surface area contributed by atoms with Crippen molar-refractivity contribution in [3.8, 4) is 11.5 Å². The molecule has 0 spiro atoms. The Hall–Kier alpha value is -1.99. The molecule has 1 saturated heterocycles. The van der Waals surface area contributed by atoms with Gasteiger partial charge in [-0.1, -0.05) is 27.5 Å². The highest BCUT2D eigenvalue weighted by Gasteiger charge is 2.25. The van der Waals surface area contributed by atoms with Gasteiger partial charge in [-0.05, 0) is 49.1 Å². The van der Waals surface area contributed by atoms with Gasteiger partial charge in [0.15, 0.2) is 18.1 Å². The number of piperidine rings is 1. The smallest absolute Gasteiger partial charge is 0.262 e. The van der Waals surface area contributed by atoms with Gasteiger partial charge in [-0.3, -0.25) is 4.79 Å². The van der Waals surface area contributed by atoms with E-state index in [1.807, 2.05) is 12.1 Å². The zero-order valence-corrected chi connectivity index (χ0v) is 17.4. The van der Waals surface area contributed by atoms with Gasteiger partial charge in [-0.25, -0.2) is 4.39 Å². The summed E-state index contributed by atoms with van der Waals surface area (Å²) >= 11 is 9.43. The topological polar surface area (TPSA) is 50.8 Å². The molecule has 0 aliphatic carbocycles. The second kappa shape index (κ2) is 8.17. The van der Waals surface area contributed by atoms with Gasteiger partial charge >= 0.3 is 0 Å². The van der Waals surface area contributed by atoms with Gasteiger partial charge < -0.3 is 19.7 Å². The summed E-state index contributed by atoms with van der Waals surface area (Å²) in [5, 5.41) is 3.14. The molecule has 0 saturated carbocycles. The average molecular weight is 470 g/mol. The van der Waals surface area contributed by atoms with Crippen molar-refractivity contribution in [1.82, 2.24) is 0 Å². The first kappa shape index (κ1) is 19.3. The highest BCUT2D eigenvalue weighted by molar-refractivity contribution is 9.10. The highest BCUT2D eigenvalue weighted by Crippen LogP contribution is 2.42. The molecule has 1 N–H and O–H groups in total. The largest absolute Gasteiger partial charge is 0.489 e. The number of carbonyl (C=O) groups is 1. The molecule has 8 heteroatoms. The number of hydrogen-bond acceptors (Lipinski definition) is 4. The van der Waals surface area contributed by atoms with Crippen LogP contribution in [0.5, 0.6) is 11.5 Å². The summed E-state index contributed by atoms with van der Waals surface area (Å²) in [7, 11) is 0. The van der Waals surface area contributed by atoms with Crippen LogP contribution in [0, 0.1) is 11.7 Å². The molecule has 1 fully saturated rings. The van der Waals surface area contributed by atoms with Crippen molar-refractivity contribution in [2.75, 3.05) is 36.5 Å². The molecule has 0 unspecified atom stereocenters. The Morgan fingerprint density at radius 3 is 2.82 bits per heavy atom. The van der Waals surface area contributed by atoms with Crippen LogP contribution in [0.2, 0.25) is 5.02 Å². The molecule has 4 rings (SSSR count). The molecule has 0 radical (unpaired) electrons. The van der Waals surface area contributed by atoms with E-state index in [1.54, 1.807) is 12.1 Å². The first-order valence-corrected chi connectivity index (χ1v) is 10.3. The Bertz CT molecular complexity index is 903. The molecule has 2 aromatic rings. The number of hydrogen-bond donors (Lipinski definition) is 1. The average Bonchev–Trinajstić information content (AvgIpc) is 2.68. The number of nitrogens with one attached hydrogen (secondary N) is 1. The van der Waals surface area contributed by atoms with Crippen LogP contribution in [0.1, 0.15) is 12.8 Å². The number of benzene rings is 2. The molecule has 0 atom stereocenters. The first-order valence-electron chi connectivity index (χ1n) is 9.09. The Morgan fingerprint density at radius 2 is 2.07 bits per heavy atom. The quantitative estimate of drug-likeness (QED) is 0.694. The van der Waals surface area contributed by atoms with Crippen molar-refractivity contribution < 1.29 is 18.7 Å². The molecule has 1 amide bonds. The lowest BCUT2D eigenvalue weighted by molar-refractivity contribution is -0.118.